The van der Waals surface area contributed by atoms with Crippen LogP contribution in [0.1, 0.15) is 29.8 Å². The zero-order valence-corrected chi connectivity index (χ0v) is 14.7. The summed E-state index contributed by atoms with van der Waals surface area (Å²) in [7, 11) is 1.84. The van der Waals surface area contributed by atoms with Gasteiger partial charge in [-0.05, 0) is 44.4 Å². The SMILES string of the molecule is Cc1nn(C)c(C)c1NC(=O)NC1(c2ccc(F)cc2)CCOCC1. The fourth-order valence-corrected chi connectivity index (χ4v) is 3.29. The number of benzene rings is 1. The second-order valence-electron chi connectivity index (χ2n) is 6.45. The Morgan fingerprint density at radius 3 is 2.44 bits per heavy atom. The van der Waals surface area contributed by atoms with E-state index in [1.807, 2.05) is 20.9 Å². The van der Waals surface area contributed by atoms with Gasteiger partial charge in [-0.25, -0.2) is 9.18 Å². The molecule has 1 aromatic heterocycles. The molecule has 1 saturated heterocycles. The molecule has 1 aliphatic rings. The number of hydrogen-bond donors (Lipinski definition) is 2. The van der Waals surface area contributed by atoms with Crippen molar-refractivity contribution in [2.45, 2.75) is 32.2 Å². The number of nitrogens with one attached hydrogen (secondary N) is 2. The van der Waals surface area contributed by atoms with Crippen molar-refractivity contribution in [1.29, 1.82) is 0 Å². The lowest BCUT2D eigenvalue weighted by molar-refractivity contribution is 0.0417. The number of rotatable bonds is 3. The first-order chi connectivity index (χ1) is 11.9. The Hall–Kier alpha value is -2.41. The Bertz CT molecular complexity index is 764. The molecule has 0 bridgehead atoms. The van der Waals surface area contributed by atoms with E-state index in [1.54, 1.807) is 16.8 Å². The number of hydrogen-bond acceptors (Lipinski definition) is 3. The maximum atomic E-state index is 13.3. The molecule has 1 fully saturated rings. The van der Waals surface area contributed by atoms with Crippen molar-refractivity contribution in [3.05, 3.63) is 47.0 Å². The van der Waals surface area contributed by atoms with E-state index in [2.05, 4.69) is 15.7 Å². The maximum Gasteiger partial charge on any atom is 0.320 e. The lowest BCUT2D eigenvalue weighted by Crippen LogP contribution is -2.51. The average molecular weight is 346 g/mol. The van der Waals surface area contributed by atoms with Crippen LogP contribution in [-0.4, -0.2) is 29.0 Å². The molecule has 2 amide bonds. The van der Waals surface area contributed by atoms with E-state index in [0.29, 0.717) is 31.7 Å². The quantitative estimate of drug-likeness (QED) is 0.898. The molecule has 2 aromatic rings. The number of nitrogens with zero attached hydrogens (tertiary/aromatic N) is 2. The first-order valence-electron chi connectivity index (χ1n) is 8.34. The fourth-order valence-electron chi connectivity index (χ4n) is 3.29. The van der Waals surface area contributed by atoms with Gasteiger partial charge in [0.15, 0.2) is 0 Å². The van der Waals surface area contributed by atoms with Gasteiger partial charge in [0.2, 0.25) is 0 Å². The number of ether oxygens (including phenoxy) is 1. The minimum absolute atomic E-state index is 0.294. The molecular weight excluding hydrogens is 323 g/mol. The van der Waals surface area contributed by atoms with Gasteiger partial charge >= 0.3 is 6.03 Å². The van der Waals surface area contributed by atoms with E-state index in [0.717, 1.165) is 17.0 Å². The van der Waals surface area contributed by atoms with E-state index in [4.69, 9.17) is 4.74 Å². The van der Waals surface area contributed by atoms with Crippen molar-refractivity contribution in [3.63, 3.8) is 0 Å². The summed E-state index contributed by atoms with van der Waals surface area (Å²) in [5.41, 5.74) is 2.67. The van der Waals surface area contributed by atoms with Crippen molar-refractivity contribution in [2.24, 2.45) is 7.05 Å². The van der Waals surface area contributed by atoms with Gasteiger partial charge in [-0.15, -0.1) is 0 Å². The summed E-state index contributed by atoms with van der Waals surface area (Å²) < 4.78 is 20.5. The molecule has 0 atom stereocenters. The molecule has 1 aromatic carbocycles. The average Bonchev–Trinajstić information content (AvgIpc) is 2.82. The Balaban J connectivity index is 1.83. The number of urea groups is 1. The van der Waals surface area contributed by atoms with Gasteiger partial charge in [-0.3, -0.25) is 4.68 Å². The van der Waals surface area contributed by atoms with E-state index in [9.17, 15) is 9.18 Å². The highest BCUT2D eigenvalue weighted by Gasteiger charge is 2.36. The Kier molecular flexibility index (Phi) is 4.76. The largest absolute Gasteiger partial charge is 0.381 e. The highest BCUT2D eigenvalue weighted by molar-refractivity contribution is 5.91. The molecule has 0 saturated carbocycles. The summed E-state index contributed by atoms with van der Waals surface area (Å²) >= 11 is 0. The molecule has 0 radical (unpaired) electrons. The Labute approximate surface area is 146 Å². The third-order valence-corrected chi connectivity index (χ3v) is 4.84. The molecule has 134 valence electrons. The van der Waals surface area contributed by atoms with Crippen LogP contribution in [0.25, 0.3) is 0 Å². The highest BCUT2D eigenvalue weighted by Crippen LogP contribution is 2.32. The van der Waals surface area contributed by atoms with Gasteiger partial charge in [0, 0.05) is 20.3 Å². The van der Waals surface area contributed by atoms with Crippen molar-refractivity contribution in [2.75, 3.05) is 18.5 Å². The van der Waals surface area contributed by atoms with Crippen LogP contribution in [0.5, 0.6) is 0 Å². The van der Waals surface area contributed by atoms with Gasteiger partial charge in [-0.1, -0.05) is 12.1 Å². The molecule has 2 heterocycles. The molecular formula is C18H23FN4O2. The predicted molar refractivity (Wildman–Crippen MR) is 93.0 cm³/mol. The standard InChI is InChI=1S/C18H23FN4O2/c1-12-16(13(2)23(3)22-12)20-17(24)21-18(8-10-25-11-9-18)14-4-6-15(19)7-5-14/h4-7H,8-11H2,1-3H3,(H2,20,21,24). The minimum atomic E-state index is -0.569. The molecule has 1 aliphatic heterocycles. The molecule has 0 unspecified atom stereocenters. The normalized spacial score (nSPS) is 16.5. The fraction of sp³-hybridized carbons (Fsp3) is 0.444. The van der Waals surface area contributed by atoms with Crippen LogP contribution >= 0.6 is 0 Å². The summed E-state index contributed by atoms with van der Waals surface area (Å²) in [4.78, 5) is 12.7. The summed E-state index contributed by atoms with van der Waals surface area (Å²) in [5.74, 6) is -0.294. The van der Waals surface area contributed by atoms with Crippen LogP contribution in [0.2, 0.25) is 0 Å². The second-order valence-corrected chi connectivity index (χ2v) is 6.45. The molecule has 3 rings (SSSR count). The van der Waals surface area contributed by atoms with Gasteiger partial charge < -0.3 is 15.4 Å². The summed E-state index contributed by atoms with van der Waals surface area (Å²) in [6, 6.07) is 5.98. The number of anilines is 1. The summed E-state index contributed by atoms with van der Waals surface area (Å²) in [6.45, 7) is 4.85. The first-order valence-corrected chi connectivity index (χ1v) is 8.34. The number of amides is 2. The summed E-state index contributed by atoms with van der Waals surface area (Å²) in [6.07, 6.45) is 1.27. The zero-order chi connectivity index (χ0) is 18.0. The van der Waals surface area contributed by atoms with Crippen molar-refractivity contribution < 1.29 is 13.9 Å². The van der Waals surface area contributed by atoms with Gasteiger partial charge in [0.25, 0.3) is 0 Å². The molecule has 7 heteroatoms. The minimum Gasteiger partial charge on any atom is -0.381 e. The van der Waals surface area contributed by atoms with Crippen LogP contribution in [-0.2, 0) is 17.3 Å². The number of halogens is 1. The van der Waals surface area contributed by atoms with E-state index >= 15 is 0 Å². The third kappa shape index (κ3) is 3.51. The number of aromatic nitrogens is 2. The molecule has 25 heavy (non-hydrogen) atoms. The Morgan fingerprint density at radius 1 is 1.24 bits per heavy atom. The number of carbonyl (C=O) groups excluding carboxylic acids is 1. The van der Waals surface area contributed by atoms with Crippen molar-refractivity contribution in [1.82, 2.24) is 15.1 Å². The molecule has 0 aliphatic carbocycles. The van der Waals surface area contributed by atoms with Crippen LogP contribution in [0.4, 0.5) is 14.9 Å². The number of aryl methyl sites for hydroxylation is 2. The first kappa shape index (κ1) is 17.4. The Morgan fingerprint density at radius 2 is 1.88 bits per heavy atom. The molecule has 2 N–H and O–H groups in total. The zero-order valence-electron chi connectivity index (χ0n) is 14.7. The predicted octanol–water partition coefficient (Wildman–Crippen LogP) is 3.00. The van der Waals surface area contributed by atoms with Gasteiger partial charge in [0.1, 0.15) is 5.82 Å². The topological polar surface area (TPSA) is 68.2 Å². The lowest BCUT2D eigenvalue weighted by atomic mass is 9.83. The smallest absolute Gasteiger partial charge is 0.320 e. The van der Waals surface area contributed by atoms with Crippen molar-refractivity contribution in [3.8, 4) is 0 Å². The van der Waals surface area contributed by atoms with E-state index in [-0.39, 0.29) is 11.8 Å². The molecule has 0 spiro atoms. The second kappa shape index (κ2) is 6.84. The van der Waals surface area contributed by atoms with Gasteiger partial charge in [-0.2, -0.15) is 5.10 Å². The summed E-state index contributed by atoms with van der Waals surface area (Å²) in [5, 5.41) is 10.3. The lowest BCUT2D eigenvalue weighted by Gasteiger charge is -2.38. The maximum absolute atomic E-state index is 13.3. The van der Waals surface area contributed by atoms with Gasteiger partial charge in [0.05, 0.1) is 22.6 Å². The van der Waals surface area contributed by atoms with Crippen molar-refractivity contribution >= 4 is 11.7 Å². The monoisotopic (exact) mass is 346 g/mol. The van der Waals surface area contributed by atoms with Crippen LogP contribution < -0.4 is 10.6 Å². The van der Waals surface area contributed by atoms with Crippen LogP contribution in [0.15, 0.2) is 24.3 Å². The van der Waals surface area contributed by atoms with Crippen LogP contribution in [0.3, 0.4) is 0 Å². The van der Waals surface area contributed by atoms with E-state index < -0.39 is 5.54 Å². The van der Waals surface area contributed by atoms with Crippen LogP contribution in [0, 0.1) is 19.7 Å². The van der Waals surface area contributed by atoms with E-state index in [1.165, 1.54) is 12.1 Å². The third-order valence-electron chi connectivity index (χ3n) is 4.84. The highest BCUT2D eigenvalue weighted by atomic mass is 19.1. The molecule has 6 nitrogen and oxygen atoms in total. The number of carbonyl (C=O) groups is 1.